The maximum Gasteiger partial charge on any atom is 0.251 e. The van der Waals surface area contributed by atoms with Crippen molar-refractivity contribution < 1.29 is 9.59 Å². The fraction of sp³-hybridized carbons (Fsp3) is 0.429. The lowest BCUT2D eigenvalue weighted by Crippen LogP contribution is -2.36. The molecule has 0 saturated carbocycles. The molecule has 2 rings (SSSR count). The van der Waals surface area contributed by atoms with E-state index >= 15 is 0 Å². The Morgan fingerprint density at radius 1 is 1.53 bits per heavy atom. The van der Waals surface area contributed by atoms with Crippen molar-refractivity contribution in [2.75, 3.05) is 23.8 Å². The molecular formula is C14H19N3O2. The molecule has 0 aliphatic carbocycles. The standard InChI is InChI=1S/C14H19N3O2/c1-4-9(2)15-14(19)10-5-6-12-11(7-10)16-13(18)8-17(12)3/h5-7,9H,4,8H2,1-3H3,(H,15,19)(H,16,18). The Kier molecular flexibility index (Phi) is 3.74. The molecule has 19 heavy (non-hydrogen) atoms. The van der Waals surface area contributed by atoms with Gasteiger partial charge < -0.3 is 15.5 Å². The Balaban J connectivity index is 2.23. The van der Waals surface area contributed by atoms with E-state index in [0.29, 0.717) is 17.8 Å². The summed E-state index contributed by atoms with van der Waals surface area (Å²) < 4.78 is 0. The molecule has 0 spiro atoms. The first kappa shape index (κ1) is 13.4. The van der Waals surface area contributed by atoms with Crippen molar-refractivity contribution in [1.29, 1.82) is 0 Å². The van der Waals surface area contributed by atoms with Gasteiger partial charge in [-0.2, -0.15) is 0 Å². The van der Waals surface area contributed by atoms with Gasteiger partial charge in [-0.3, -0.25) is 9.59 Å². The summed E-state index contributed by atoms with van der Waals surface area (Å²) in [6.45, 7) is 4.32. The van der Waals surface area contributed by atoms with Crippen LogP contribution in [0, 0.1) is 0 Å². The van der Waals surface area contributed by atoms with Gasteiger partial charge in [-0.25, -0.2) is 0 Å². The Morgan fingerprint density at radius 3 is 2.95 bits per heavy atom. The van der Waals surface area contributed by atoms with Crippen LogP contribution in [0.25, 0.3) is 0 Å². The third-order valence-electron chi connectivity index (χ3n) is 3.31. The highest BCUT2D eigenvalue weighted by molar-refractivity contribution is 6.03. The number of rotatable bonds is 3. The molecule has 1 atom stereocenters. The molecule has 0 bridgehead atoms. The van der Waals surface area contributed by atoms with E-state index in [1.54, 1.807) is 12.1 Å². The summed E-state index contributed by atoms with van der Waals surface area (Å²) >= 11 is 0. The van der Waals surface area contributed by atoms with E-state index in [4.69, 9.17) is 0 Å². The lowest BCUT2D eigenvalue weighted by molar-refractivity contribution is -0.115. The van der Waals surface area contributed by atoms with Gasteiger partial charge >= 0.3 is 0 Å². The van der Waals surface area contributed by atoms with Crippen molar-refractivity contribution >= 4 is 23.2 Å². The van der Waals surface area contributed by atoms with Crippen LogP contribution in [0.2, 0.25) is 0 Å². The van der Waals surface area contributed by atoms with Crippen molar-refractivity contribution in [3.63, 3.8) is 0 Å². The number of carbonyl (C=O) groups is 2. The van der Waals surface area contributed by atoms with Crippen molar-refractivity contribution in [2.24, 2.45) is 0 Å². The van der Waals surface area contributed by atoms with Crippen LogP contribution in [0.4, 0.5) is 11.4 Å². The molecule has 1 aromatic rings. The largest absolute Gasteiger partial charge is 0.364 e. The number of nitrogens with one attached hydrogen (secondary N) is 2. The minimum Gasteiger partial charge on any atom is -0.364 e. The SMILES string of the molecule is CCC(C)NC(=O)c1ccc2c(c1)NC(=O)CN2C. The van der Waals surface area contributed by atoms with Crippen molar-refractivity contribution in [3.8, 4) is 0 Å². The Bertz CT molecular complexity index is 513. The normalized spacial score (nSPS) is 15.5. The van der Waals surface area contributed by atoms with E-state index in [1.165, 1.54) is 0 Å². The number of fused-ring (bicyclic) bond motifs is 1. The monoisotopic (exact) mass is 261 g/mol. The summed E-state index contributed by atoms with van der Waals surface area (Å²) in [6.07, 6.45) is 0.885. The summed E-state index contributed by atoms with van der Waals surface area (Å²) in [5.41, 5.74) is 2.19. The number of amides is 2. The lowest BCUT2D eigenvalue weighted by atomic mass is 10.1. The van der Waals surface area contributed by atoms with E-state index in [0.717, 1.165) is 12.1 Å². The molecule has 0 saturated heterocycles. The summed E-state index contributed by atoms with van der Waals surface area (Å²) in [6, 6.07) is 5.51. The van der Waals surface area contributed by atoms with Crippen molar-refractivity contribution in [2.45, 2.75) is 26.3 Å². The fourth-order valence-corrected chi connectivity index (χ4v) is 2.01. The first-order chi connectivity index (χ1) is 9.01. The van der Waals surface area contributed by atoms with Gasteiger partial charge in [0.25, 0.3) is 5.91 Å². The molecule has 1 unspecified atom stereocenters. The third kappa shape index (κ3) is 2.86. The van der Waals surface area contributed by atoms with Gasteiger partial charge in [0.2, 0.25) is 5.91 Å². The van der Waals surface area contributed by atoms with Crippen LogP contribution in [-0.4, -0.2) is 31.4 Å². The van der Waals surface area contributed by atoms with Crippen LogP contribution in [0.3, 0.4) is 0 Å². The predicted molar refractivity (Wildman–Crippen MR) is 75.6 cm³/mol. The molecule has 0 radical (unpaired) electrons. The molecule has 1 aromatic carbocycles. The third-order valence-corrected chi connectivity index (χ3v) is 3.31. The number of benzene rings is 1. The topological polar surface area (TPSA) is 61.4 Å². The number of likely N-dealkylation sites (N-methyl/N-ethyl adjacent to an activating group) is 1. The highest BCUT2D eigenvalue weighted by Crippen LogP contribution is 2.29. The van der Waals surface area contributed by atoms with Gasteiger partial charge in [-0.15, -0.1) is 0 Å². The maximum atomic E-state index is 12.0. The van der Waals surface area contributed by atoms with Gasteiger partial charge in [0.1, 0.15) is 0 Å². The zero-order chi connectivity index (χ0) is 14.0. The minimum absolute atomic E-state index is 0.0607. The molecule has 2 N–H and O–H groups in total. The predicted octanol–water partition coefficient (Wildman–Crippen LogP) is 1.60. The van der Waals surface area contributed by atoms with Crippen LogP contribution in [0.1, 0.15) is 30.6 Å². The Morgan fingerprint density at radius 2 is 2.26 bits per heavy atom. The van der Waals surface area contributed by atoms with Crippen LogP contribution in [0.5, 0.6) is 0 Å². The van der Waals surface area contributed by atoms with E-state index in [1.807, 2.05) is 31.9 Å². The van der Waals surface area contributed by atoms with Gasteiger partial charge in [0.15, 0.2) is 0 Å². The van der Waals surface area contributed by atoms with Gasteiger partial charge in [-0.1, -0.05) is 6.92 Å². The minimum atomic E-state index is -0.111. The zero-order valence-corrected chi connectivity index (χ0v) is 11.5. The molecular weight excluding hydrogens is 242 g/mol. The second-order valence-electron chi connectivity index (χ2n) is 4.92. The van der Waals surface area contributed by atoms with E-state index in [2.05, 4.69) is 10.6 Å². The number of nitrogens with zero attached hydrogens (tertiary/aromatic N) is 1. The summed E-state index contributed by atoms with van der Waals surface area (Å²) in [5, 5.41) is 5.70. The van der Waals surface area contributed by atoms with Crippen LogP contribution < -0.4 is 15.5 Å². The molecule has 1 heterocycles. The molecule has 1 aliphatic heterocycles. The molecule has 1 aliphatic rings. The van der Waals surface area contributed by atoms with E-state index in [-0.39, 0.29) is 17.9 Å². The van der Waals surface area contributed by atoms with Gasteiger partial charge in [0, 0.05) is 18.7 Å². The number of anilines is 2. The average Bonchev–Trinajstić information content (AvgIpc) is 2.37. The highest BCUT2D eigenvalue weighted by Gasteiger charge is 2.20. The number of carbonyl (C=O) groups excluding carboxylic acids is 2. The fourth-order valence-electron chi connectivity index (χ4n) is 2.01. The molecule has 102 valence electrons. The van der Waals surface area contributed by atoms with Gasteiger partial charge in [-0.05, 0) is 31.5 Å². The van der Waals surface area contributed by atoms with E-state index < -0.39 is 0 Å². The Labute approximate surface area is 113 Å². The molecule has 2 amide bonds. The van der Waals surface area contributed by atoms with Crippen LogP contribution in [0.15, 0.2) is 18.2 Å². The van der Waals surface area contributed by atoms with Crippen molar-refractivity contribution in [3.05, 3.63) is 23.8 Å². The second-order valence-corrected chi connectivity index (χ2v) is 4.92. The summed E-state index contributed by atoms with van der Waals surface area (Å²) in [4.78, 5) is 25.4. The summed E-state index contributed by atoms with van der Waals surface area (Å²) in [5.74, 6) is -0.172. The number of hydrogen-bond acceptors (Lipinski definition) is 3. The first-order valence-electron chi connectivity index (χ1n) is 6.47. The smallest absolute Gasteiger partial charge is 0.251 e. The Hall–Kier alpha value is -2.04. The van der Waals surface area contributed by atoms with Crippen molar-refractivity contribution in [1.82, 2.24) is 5.32 Å². The molecule has 5 nitrogen and oxygen atoms in total. The highest BCUT2D eigenvalue weighted by atomic mass is 16.2. The van der Waals surface area contributed by atoms with Crippen LogP contribution in [-0.2, 0) is 4.79 Å². The quantitative estimate of drug-likeness (QED) is 0.869. The average molecular weight is 261 g/mol. The van der Waals surface area contributed by atoms with E-state index in [9.17, 15) is 9.59 Å². The lowest BCUT2D eigenvalue weighted by Gasteiger charge is -2.27. The molecule has 0 fully saturated rings. The molecule has 5 heteroatoms. The summed E-state index contributed by atoms with van der Waals surface area (Å²) in [7, 11) is 1.86. The number of hydrogen-bond donors (Lipinski definition) is 2. The van der Waals surface area contributed by atoms with Gasteiger partial charge in [0.05, 0.1) is 17.9 Å². The zero-order valence-electron chi connectivity index (χ0n) is 11.5. The first-order valence-corrected chi connectivity index (χ1v) is 6.47. The molecule has 0 aromatic heterocycles. The maximum absolute atomic E-state index is 12.0. The van der Waals surface area contributed by atoms with Crippen LogP contribution >= 0.6 is 0 Å². The second kappa shape index (κ2) is 5.30.